The third-order valence-corrected chi connectivity index (χ3v) is 11.7. The molecule has 0 radical (unpaired) electrons. The van der Waals surface area contributed by atoms with Crippen LogP contribution in [0.2, 0.25) is 0 Å². The molecule has 0 aromatic heterocycles. The van der Waals surface area contributed by atoms with Gasteiger partial charge >= 0.3 is 5.97 Å². The number of aliphatic hydroxyl groups is 2. The molecular formula is C49H97NO5. The molecule has 6 heteroatoms. The zero-order valence-corrected chi connectivity index (χ0v) is 37.3. The van der Waals surface area contributed by atoms with Gasteiger partial charge < -0.3 is 20.3 Å². The quantitative estimate of drug-likeness (QED) is 0.0422. The van der Waals surface area contributed by atoms with Gasteiger partial charge in [-0.25, -0.2) is 0 Å². The number of carbonyl (C=O) groups excluding carboxylic acids is 2. The highest BCUT2D eigenvalue weighted by atomic mass is 16.5. The first-order valence-electron chi connectivity index (χ1n) is 24.8. The molecule has 1 amide bonds. The van der Waals surface area contributed by atoms with Crippen LogP contribution < -0.4 is 5.32 Å². The summed E-state index contributed by atoms with van der Waals surface area (Å²) in [5.74, 6) is -0.455. The number of nitrogens with one attached hydrogen (secondary N) is 1. The Morgan fingerprint density at radius 2 is 0.764 bits per heavy atom. The van der Waals surface area contributed by atoms with Gasteiger partial charge in [0.25, 0.3) is 0 Å². The number of hydrogen-bond donors (Lipinski definition) is 3. The molecule has 0 aliphatic rings. The van der Waals surface area contributed by atoms with E-state index in [-0.39, 0.29) is 24.9 Å². The van der Waals surface area contributed by atoms with Crippen LogP contribution in [0.4, 0.5) is 0 Å². The van der Waals surface area contributed by atoms with E-state index in [1.807, 2.05) is 0 Å². The van der Waals surface area contributed by atoms with Gasteiger partial charge in [-0.3, -0.25) is 9.59 Å². The Morgan fingerprint density at radius 3 is 1.11 bits per heavy atom. The first-order chi connectivity index (χ1) is 27.0. The lowest BCUT2D eigenvalue weighted by atomic mass is 10.0. The van der Waals surface area contributed by atoms with Crippen molar-refractivity contribution in [3.8, 4) is 0 Å². The molecule has 3 N–H and O–H groups in total. The summed E-state index contributed by atoms with van der Waals surface area (Å²) in [5.41, 5.74) is 0. The molecule has 6 nitrogen and oxygen atoms in total. The van der Waals surface area contributed by atoms with E-state index in [1.165, 1.54) is 186 Å². The van der Waals surface area contributed by atoms with Gasteiger partial charge in [-0.2, -0.15) is 0 Å². The second-order valence-electron chi connectivity index (χ2n) is 17.2. The van der Waals surface area contributed by atoms with E-state index in [0.717, 1.165) is 44.9 Å². The summed E-state index contributed by atoms with van der Waals surface area (Å²) in [6, 6.07) is -0.690. The minimum Gasteiger partial charge on any atom is -0.462 e. The van der Waals surface area contributed by atoms with Crippen LogP contribution in [-0.4, -0.2) is 46.9 Å². The topological polar surface area (TPSA) is 95.9 Å². The first-order valence-corrected chi connectivity index (χ1v) is 24.8. The maximum atomic E-state index is 13.1. The lowest BCUT2D eigenvalue weighted by Gasteiger charge is -2.24. The van der Waals surface area contributed by atoms with Crippen molar-refractivity contribution in [1.82, 2.24) is 5.32 Å². The number of amides is 1. The Hall–Kier alpha value is -1.14. The summed E-state index contributed by atoms with van der Waals surface area (Å²) in [6.45, 7) is 6.49. The highest BCUT2D eigenvalue weighted by Gasteiger charge is 2.24. The largest absolute Gasteiger partial charge is 0.462 e. The van der Waals surface area contributed by atoms with E-state index in [9.17, 15) is 19.8 Å². The van der Waals surface area contributed by atoms with Gasteiger partial charge in [-0.1, -0.05) is 239 Å². The van der Waals surface area contributed by atoms with Crippen molar-refractivity contribution in [2.24, 2.45) is 0 Å². The van der Waals surface area contributed by atoms with Crippen molar-refractivity contribution >= 4 is 11.9 Å². The van der Waals surface area contributed by atoms with Crippen molar-refractivity contribution in [2.45, 2.75) is 296 Å². The van der Waals surface area contributed by atoms with Gasteiger partial charge in [0.2, 0.25) is 5.91 Å². The SMILES string of the molecule is CCCCCCCCCCCCCCCCCC(CC(=O)NC(CO)C(O)CCCCCCCCCCCCC)OC(=O)CCCCCCCCCCCC. The normalized spacial score (nSPS) is 13.2. The molecule has 0 aromatic carbocycles. The molecule has 0 heterocycles. The van der Waals surface area contributed by atoms with Crippen LogP contribution in [0.15, 0.2) is 0 Å². The van der Waals surface area contributed by atoms with Crippen LogP contribution in [0.1, 0.15) is 278 Å². The van der Waals surface area contributed by atoms with Crippen molar-refractivity contribution in [3.63, 3.8) is 0 Å². The second kappa shape index (κ2) is 44.0. The molecule has 0 saturated heterocycles. The highest BCUT2D eigenvalue weighted by molar-refractivity contribution is 5.77. The number of ether oxygens (including phenoxy) is 1. The molecule has 0 spiro atoms. The average Bonchev–Trinajstić information content (AvgIpc) is 3.18. The highest BCUT2D eigenvalue weighted by Crippen LogP contribution is 2.18. The molecule has 0 saturated carbocycles. The third-order valence-electron chi connectivity index (χ3n) is 11.7. The first kappa shape index (κ1) is 53.9. The number of esters is 1. The van der Waals surface area contributed by atoms with E-state index >= 15 is 0 Å². The predicted molar refractivity (Wildman–Crippen MR) is 237 cm³/mol. The summed E-state index contributed by atoms with van der Waals surface area (Å²) in [7, 11) is 0. The van der Waals surface area contributed by atoms with Gasteiger partial charge in [0.1, 0.15) is 6.10 Å². The van der Waals surface area contributed by atoms with E-state index in [2.05, 4.69) is 26.1 Å². The van der Waals surface area contributed by atoms with Crippen molar-refractivity contribution in [3.05, 3.63) is 0 Å². The fourth-order valence-corrected chi connectivity index (χ4v) is 7.90. The molecule has 328 valence electrons. The van der Waals surface area contributed by atoms with Crippen molar-refractivity contribution in [2.75, 3.05) is 6.61 Å². The van der Waals surface area contributed by atoms with Gasteiger partial charge in [-0.15, -0.1) is 0 Å². The summed E-state index contributed by atoms with van der Waals surface area (Å²) in [5, 5.41) is 23.7. The number of unbranched alkanes of at least 4 members (excludes halogenated alkanes) is 33. The maximum Gasteiger partial charge on any atom is 0.306 e. The van der Waals surface area contributed by atoms with E-state index in [0.29, 0.717) is 19.3 Å². The van der Waals surface area contributed by atoms with Gasteiger partial charge in [0.15, 0.2) is 0 Å². The monoisotopic (exact) mass is 780 g/mol. The fraction of sp³-hybridized carbons (Fsp3) is 0.959. The number of rotatable bonds is 45. The Balaban J connectivity index is 4.52. The third kappa shape index (κ3) is 39.5. The van der Waals surface area contributed by atoms with Crippen LogP contribution in [0.5, 0.6) is 0 Å². The van der Waals surface area contributed by atoms with E-state index in [4.69, 9.17) is 4.74 Å². The summed E-state index contributed by atoms with van der Waals surface area (Å²) in [6.07, 6.45) is 45.9. The summed E-state index contributed by atoms with van der Waals surface area (Å²) >= 11 is 0. The smallest absolute Gasteiger partial charge is 0.306 e. The molecular weight excluding hydrogens is 683 g/mol. The van der Waals surface area contributed by atoms with Crippen LogP contribution in [0, 0.1) is 0 Å². The summed E-state index contributed by atoms with van der Waals surface area (Å²) in [4.78, 5) is 26.0. The van der Waals surface area contributed by atoms with Gasteiger partial charge in [0.05, 0.1) is 25.2 Å². The lowest BCUT2D eigenvalue weighted by Crippen LogP contribution is -2.46. The molecule has 3 atom stereocenters. The van der Waals surface area contributed by atoms with Crippen molar-refractivity contribution < 1.29 is 24.5 Å². The van der Waals surface area contributed by atoms with Crippen LogP contribution in [0.3, 0.4) is 0 Å². The molecule has 55 heavy (non-hydrogen) atoms. The number of carbonyl (C=O) groups is 2. The minimum absolute atomic E-state index is 0.0873. The van der Waals surface area contributed by atoms with Gasteiger partial charge in [-0.05, 0) is 25.7 Å². The molecule has 0 bridgehead atoms. The molecule has 0 aliphatic carbocycles. The fourth-order valence-electron chi connectivity index (χ4n) is 7.90. The maximum absolute atomic E-state index is 13.1. The molecule has 0 aromatic rings. The van der Waals surface area contributed by atoms with E-state index in [1.54, 1.807) is 0 Å². The summed E-state index contributed by atoms with van der Waals surface area (Å²) < 4.78 is 5.92. The Bertz CT molecular complexity index is 791. The minimum atomic E-state index is -0.777. The molecule has 0 rings (SSSR count). The van der Waals surface area contributed by atoms with E-state index < -0.39 is 18.2 Å². The van der Waals surface area contributed by atoms with Gasteiger partial charge in [0, 0.05) is 6.42 Å². The van der Waals surface area contributed by atoms with Crippen LogP contribution in [0.25, 0.3) is 0 Å². The Morgan fingerprint density at radius 1 is 0.455 bits per heavy atom. The Kier molecular flexibility index (Phi) is 43.1. The Labute approximate surface area is 343 Å². The predicted octanol–water partition coefficient (Wildman–Crippen LogP) is 14.4. The zero-order valence-electron chi connectivity index (χ0n) is 37.3. The zero-order chi connectivity index (χ0) is 40.3. The molecule has 0 aliphatic heterocycles. The van der Waals surface area contributed by atoms with Crippen LogP contribution >= 0.6 is 0 Å². The molecule has 3 unspecified atom stereocenters. The van der Waals surface area contributed by atoms with Crippen molar-refractivity contribution in [1.29, 1.82) is 0 Å². The number of hydrogen-bond acceptors (Lipinski definition) is 5. The second-order valence-corrected chi connectivity index (χ2v) is 17.2. The average molecular weight is 780 g/mol. The standard InChI is InChI=1S/C49H97NO5/c1-4-7-10-13-16-19-22-23-24-25-27-28-31-34-37-40-45(55-49(54)42-39-36-33-30-21-18-15-12-9-6-3)43-48(53)50-46(44-51)47(52)41-38-35-32-29-26-20-17-14-11-8-5-2/h45-47,51-52H,4-44H2,1-3H3,(H,50,53). The number of aliphatic hydroxyl groups excluding tert-OH is 2. The lowest BCUT2D eigenvalue weighted by molar-refractivity contribution is -0.151. The van der Waals surface area contributed by atoms with Crippen LogP contribution in [-0.2, 0) is 14.3 Å². The molecule has 0 fully saturated rings.